The van der Waals surface area contributed by atoms with Gasteiger partial charge in [-0.2, -0.15) is 0 Å². The molecule has 1 aromatic heterocycles. The summed E-state index contributed by atoms with van der Waals surface area (Å²) in [4.78, 5) is 4.57. The van der Waals surface area contributed by atoms with E-state index in [0.717, 1.165) is 21.1 Å². The summed E-state index contributed by atoms with van der Waals surface area (Å²) in [5, 5.41) is 0.636. The van der Waals surface area contributed by atoms with Crippen LogP contribution in [0.4, 0.5) is 4.39 Å². The highest BCUT2D eigenvalue weighted by Gasteiger charge is 2.15. The zero-order chi connectivity index (χ0) is 14.8. The number of pyridine rings is 1. The van der Waals surface area contributed by atoms with Crippen molar-refractivity contribution in [3.63, 3.8) is 0 Å². The largest absolute Gasteiger partial charge is 0.253 e. The van der Waals surface area contributed by atoms with E-state index in [4.69, 9.17) is 11.6 Å². The van der Waals surface area contributed by atoms with E-state index in [1.54, 1.807) is 12.1 Å². The molecule has 0 aliphatic carbocycles. The van der Waals surface area contributed by atoms with Gasteiger partial charge in [-0.3, -0.25) is 4.98 Å². The Morgan fingerprint density at radius 2 is 1.90 bits per heavy atom. The van der Waals surface area contributed by atoms with Crippen molar-refractivity contribution in [2.24, 2.45) is 0 Å². The molecule has 3 rings (SSSR count). The molecule has 0 N–H and O–H groups in total. The maximum atomic E-state index is 13.9. The summed E-state index contributed by atoms with van der Waals surface area (Å²) in [5.41, 5.74) is 2.27. The van der Waals surface area contributed by atoms with Gasteiger partial charge in [0.2, 0.25) is 0 Å². The third kappa shape index (κ3) is 3.25. The Bertz CT molecular complexity index is 791. The van der Waals surface area contributed by atoms with Gasteiger partial charge in [0, 0.05) is 27.5 Å². The number of nitrogens with zero attached hydrogens (tertiary/aromatic N) is 1. The van der Waals surface area contributed by atoms with Crippen LogP contribution in [0.1, 0.15) is 16.6 Å². The molecule has 0 fully saturated rings. The van der Waals surface area contributed by atoms with Gasteiger partial charge in [0.1, 0.15) is 5.82 Å². The van der Waals surface area contributed by atoms with Crippen LogP contribution in [0.15, 0.2) is 59.1 Å². The van der Waals surface area contributed by atoms with E-state index in [1.807, 2.05) is 36.4 Å². The Morgan fingerprint density at radius 1 is 1.10 bits per heavy atom. The van der Waals surface area contributed by atoms with Gasteiger partial charge >= 0.3 is 0 Å². The third-order valence-corrected chi connectivity index (χ3v) is 4.22. The fraction of sp³-hybridized carbons (Fsp3) is 0.118. The van der Waals surface area contributed by atoms with E-state index in [9.17, 15) is 4.39 Å². The molecule has 0 saturated heterocycles. The SMILES string of the molecule is Fc1ccc(Br)cc1C(Cl)Cc1ccc2ccccc2n1. The van der Waals surface area contributed by atoms with Crippen LogP contribution in [0.2, 0.25) is 0 Å². The van der Waals surface area contributed by atoms with Crippen molar-refractivity contribution in [3.05, 3.63) is 76.1 Å². The maximum absolute atomic E-state index is 13.9. The quantitative estimate of drug-likeness (QED) is 0.547. The molecule has 1 atom stereocenters. The zero-order valence-corrected chi connectivity index (χ0v) is 13.4. The Balaban J connectivity index is 1.88. The highest BCUT2D eigenvalue weighted by molar-refractivity contribution is 9.10. The molecule has 1 heterocycles. The molecule has 2 aromatic carbocycles. The average molecular weight is 365 g/mol. The van der Waals surface area contributed by atoms with Gasteiger partial charge in [-0.1, -0.05) is 40.2 Å². The highest BCUT2D eigenvalue weighted by atomic mass is 79.9. The molecule has 3 aromatic rings. The van der Waals surface area contributed by atoms with Gasteiger partial charge in [0.05, 0.1) is 10.9 Å². The second-order valence-electron chi connectivity index (χ2n) is 4.83. The first-order valence-electron chi connectivity index (χ1n) is 6.57. The lowest BCUT2D eigenvalue weighted by atomic mass is 10.1. The van der Waals surface area contributed by atoms with E-state index in [0.29, 0.717) is 12.0 Å². The number of rotatable bonds is 3. The van der Waals surface area contributed by atoms with E-state index in [1.165, 1.54) is 6.07 Å². The van der Waals surface area contributed by atoms with E-state index in [-0.39, 0.29) is 5.82 Å². The monoisotopic (exact) mass is 363 g/mol. The van der Waals surface area contributed by atoms with Crippen LogP contribution in [0.3, 0.4) is 0 Å². The summed E-state index contributed by atoms with van der Waals surface area (Å²) in [5.74, 6) is -0.293. The Morgan fingerprint density at radius 3 is 2.76 bits per heavy atom. The molecule has 0 bridgehead atoms. The predicted octanol–water partition coefficient (Wildman–Crippen LogP) is 5.66. The Labute approximate surface area is 135 Å². The fourth-order valence-corrected chi connectivity index (χ4v) is 2.97. The number of alkyl halides is 1. The first-order valence-corrected chi connectivity index (χ1v) is 7.80. The van der Waals surface area contributed by atoms with Crippen molar-refractivity contribution in [2.45, 2.75) is 11.8 Å². The number of hydrogen-bond acceptors (Lipinski definition) is 1. The highest BCUT2D eigenvalue weighted by Crippen LogP contribution is 2.29. The molecule has 106 valence electrons. The normalized spacial score (nSPS) is 12.5. The van der Waals surface area contributed by atoms with Crippen molar-refractivity contribution >= 4 is 38.4 Å². The lowest BCUT2D eigenvalue weighted by Gasteiger charge is -2.11. The summed E-state index contributed by atoms with van der Waals surface area (Å²) in [6.45, 7) is 0. The molecular weight excluding hydrogens is 353 g/mol. The molecule has 0 amide bonds. The topological polar surface area (TPSA) is 12.9 Å². The van der Waals surface area contributed by atoms with Crippen LogP contribution in [0.5, 0.6) is 0 Å². The molecule has 21 heavy (non-hydrogen) atoms. The standard InChI is InChI=1S/C17H12BrClFN/c18-12-6-8-16(20)14(9-12)15(19)10-13-7-5-11-3-1-2-4-17(11)21-13/h1-9,15H,10H2. The number of halogens is 3. The number of aromatic nitrogens is 1. The zero-order valence-electron chi connectivity index (χ0n) is 11.1. The molecule has 0 aliphatic rings. The summed E-state index contributed by atoms with van der Waals surface area (Å²) < 4.78 is 14.7. The average Bonchev–Trinajstić information content (AvgIpc) is 2.49. The summed E-state index contributed by atoms with van der Waals surface area (Å²) in [6, 6.07) is 16.6. The molecular formula is C17H12BrClFN. The number of hydrogen-bond donors (Lipinski definition) is 0. The number of para-hydroxylation sites is 1. The molecule has 1 nitrogen and oxygen atoms in total. The maximum Gasteiger partial charge on any atom is 0.127 e. The fourth-order valence-electron chi connectivity index (χ4n) is 2.27. The lowest BCUT2D eigenvalue weighted by Crippen LogP contribution is -2.01. The van der Waals surface area contributed by atoms with Gasteiger partial charge in [-0.05, 0) is 30.3 Å². The van der Waals surface area contributed by atoms with Gasteiger partial charge in [-0.15, -0.1) is 11.6 Å². The van der Waals surface area contributed by atoms with Crippen LogP contribution < -0.4 is 0 Å². The lowest BCUT2D eigenvalue weighted by molar-refractivity contribution is 0.605. The summed E-state index contributed by atoms with van der Waals surface area (Å²) in [6.07, 6.45) is 0.486. The number of benzene rings is 2. The van der Waals surface area contributed by atoms with Crippen LogP contribution in [-0.2, 0) is 6.42 Å². The summed E-state index contributed by atoms with van der Waals surface area (Å²) >= 11 is 9.71. The third-order valence-electron chi connectivity index (χ3n) is 3.34. The van der Waals surface area contributed by atoms with Crippen molar-refractivity contribution in [2.75, 3.05) is 0 Å². The number of fused-ring (bicyclic) bond motifs is 1. The molecule has 0 radical (unpaired) electrons. The Hall–Kier alpha value is -1.45. The van der Waals surface area contributed by atoms with E-state index in [2.05, 4.69) is 20.9 Å². The second kappa shape index (κ2) is 6.12. The molecule has 0 spiro atoms. The minimum atomic E-state index is -0.448. The smallest absolute Gasteiger partial charge is 0.127 e. The molecule has 1 unspecified atom stereocenters. The Kier molecular flexibility index (Phi) is 4.22. The van der Waals surface area contributed by atoms with Gasteiger partial charge in [0.15, 0.2) is 0 Å². The van der Waals surface area contributed by atoms with Crippen molar-refractivity contribution in [3.8, 4) is 0 Å². The van der Waals surface area contributed by atoms with Crippen LogP contribution >= 0.6 is 27.5 Å². The van der Waals surface area contributed by atoms with Gasteiger partial charge < -0.3 is 0 Å². The minimum Gasteiger partial charge on any atom is -0.253 e. The van der Waals surface area contributed by atoms with Crippen LogP contribution in [0.25, 0.3) is 10.9 Å². The van der Waals surface area contributed by atoms with Crippen LogP contribution in [-0.4, -0.2) is 4.98 Å². The predicted molar refractivity (Wildman–Crippen MR) is 88.1 cm³/mol. The molecule has 4 heteroatoms. The first-order chi connectivity index (χ1) is 10.1. The minimum absolute atomic E-state index is 0.293. The van der Waals surface area contributed by atoms with Crippen molar-refractivity contribution in [1.82, 2.24) is 4.98 Å². The van der Waals surface area contributed by atoms with Crippen LogP contribution in [0, 0.1) is 5.82 Å². The second-order valence-corrected chi connectivity index (χ2v) is 6.28. The van der Waals surface area contributed by atoms with Crippen molar-refractivity contribution < 1.29 is 4.39 Å². The van der Waals surface area contributed by atoms with Gasteiger partial charge in [-0.25, -0.2) is 4.39 Å². The van der Waals surface area contributed by atoms with E-state index >= 15 is 0 Å². The molecule has 0 aliphatic heterocycles. The first kappa shape index (κ1) is 14.5. The van der Waals surface area contributed by atoms with Crippen molar-refractivity contribution in [1.29, 1.82) is 0 Å². The summed E-state index contributed by atoms with van der Waals surface area (Å²) in [7, 11) is 0. The molecule has 0 saturated carbocycles. The van der Waals surface area contributed by atoms with E-state index < -0.39 is 5.38 Å². The van der Waals surface area contributed by atoms with Gasteiger partial charge in [0.25, 0.3) is 0 Å².